The summed E-state index contributed by atoms with van der Waals surface area (Å²) in [5.41, 5.74) is 0. The molecular formula is C9H14O4. The van der Waals surface area contributed by atoms with Gasteiger partial charge in [0.25, 0.3) is 0 Å². The molecular weight excluding hydrogens is 172 g/mol. The normalized spacial score (nSPS) is 26.8. The monoisotopic (exact) mass is 186 g/mol. The van der Waals surface area contributed by atoms with Crippen molar-refractivity contribution in [1.82, 2.24) is 0 Å². The Hall–Kier alpha value is -1.19. The lowest BCUT2D eigenvalue weighted by Gasteiger charge is -2.21. The van der Waals surface area contributed by atoms with Crippen LogP contribution >= 0.6 is 0 Å². The number of hydrogen-bond donors (Lipinski definition) is 0. The van der Waals surface area contributed by atoms with Gasteiger partial charge in [-0.3, -0.25) is 0 Å². The van der Waals surface area contributed by atoms with Crippen molar-refractivity contribution in [3.05, 3.63) is 11.5 Å². The van der Waals surface area contributed by atoms with Crippen molar-refractivity contribution < 1.29 is 19.0 Å². The maximum Gasteiger partial charge on any atom is 0.377 e. The zero-order chi connectivity index (χ0) is 10.1. The molecule has 0 saturated carbocycles. The summed E-state index contributed by atoms with van der Waals surface area (Å²) < 4.78 is 15.3. The van der Waals surface area contributed by atoms with Crippen LogP contribution in [0.5, 0.6) is 0 Å². The SMILES string of the molecule is CCC1(C)OC(C)=C(C(=O)OC)O1. The fourth-order valence-corrected chi connectivity index (χ4v) is 1.10. The molecule has 0 aliphatic carbocycles. The number of carbonyl (C=O) groups excluding carboxylic acids is 1. The van der Waals surface area contributed by atoms with Crippen LogP contribution < -0.4 is 0 Å². The van der Waals surface area contributed by atoms with Gasteiger partial charge in [0, 0.05) is 13.3 Å². The number of rotatable bonds is 2. The Balaban J connectivity index is 2.79. The molecule has 0 spiro atoms. The van der Waals surface area contributed by atoms with E-state index in [1.807, 2.05) is 6.92 Å². The van der Waals surface area contributed by atoms with Gasteiger partial charge in [-0.15, -0.1) is 0 Å². The minimum Gasteiger partial charge on any atom is -0.463 e. The lowest BCUT2D eigenvalue weighted by atomic mass is 10.2. The van der Waals surface area contributed by atoms with Crippen LogP contribution in [0.1, 0.15) is 27.2 Å². The molecule has 0 amide bonds. The molecule has 0 aromatic rings. The Morgan fingerprint density at radius 3 is 2.54 bits per heavy atom. The molecule has 0 saturated heterocycles. The summed E-state index contributed by atoms with van der Waals surface area (Å²) >= 11 is 0. The van der Waals surface area contributed by atoms with Crippen molar-refractivity contribution in [2.75, 3.05) is 7.11 Å². The number of esters is 1. The molecule has 0 radical (unpaired) electrons. The van der Waals surface area contributed by atoms with Crippen LogP contribution in [0, 0.1) is 0 Å². The van der Waals surface area contributed by atoms with Crippen molar-refractivity contribution >= 4 is 5.97 Å². The first kappa shape index (κ1) is 9.89. The molecule has 74 valence electrons. The van der Waals surface area contributed by atoms with E-state index in [4.69, 9.17) is 9.47 Å². The maximum absolute atomic E-state index is 11.1. The van der Waals surface area contributed by atoms with Crippen LogP contribution in [0.2, 0.25) is 0 Å². The zero-order valence-corrected chi connectivity index (χ0v) is 8.34. The highest BCUT2D eigenvalue weighted by molar-refractivity contribution is 5.87. The Bertz CT molecular complexity index is 256. The van der Waals surface area contributed by atoms with E-state index in [-0.39, 0.29) is 5.76 Å². The van der Waals surface area contributed by atoms with Gasteiger partial charge < -0.3 is 14.2 Å². The number of hydrogen-bond acceptors (Lipinski definition) is 4. The van der Waals surface area contributed by atoms with E-state index in [0.29, 0.717) is 12.2 Å². The van der Waals surface area contributed by atoms with Gasteiger partial charge in [0.1, 0.15) is 5.76 Å². The van der Waals surface area contributed by atoms with E-state index in [0.717, 1.165) is 0 Å². The van der Waals surface area contributed by atoms with Crippen LogP contribution in [-0.2, 0) is 19.0 Å². The predicted molar refractivity (Wildman–Crippen MR) is 45.6 cm³/mol. The van der Waals surface area contributed by atoms with E-state index >= 15 is 0 Å². The average Bonchev–Trinajstić information content (AvgIpc) is 2.42. The molecule has 1 unspecified atom stereocenters. The highest BCUT2D eigenvalue weighted by Gasteiger charge is 2.38. The fourth-order valence-electron chi connectivity index (χ4n) is 1.10. The van der Waals surface area contributed by atoms with Gasteiger partial charge >= 0.3 is 5.97 Å². The van der Waals surface area contributed by atoms with Gasteiger partial charge in [0.05, 0.1) is 7.11 Å². The average molecular weight is 186 g/mol. The first-order chi connectivity index (χ1) is 6.02. The van der Waals surface area contributed by atoms with Crippen LogP contribution in [0.4, 0.5) is 0 Å². The van der Waals surface area contributed by atoms with E-state index < -0.39 is 11.8 Å². The topological polar surface area (TPSA) is 44.8 Å². The second-order valence-corrected chi connectivity index (χ2v) is 3.07. The van der Waals surface area contributed by atoms with E-state index in [1.54, 1.807) is 13.8 Å². The van der Waals surface area contributed by atoms with Crippen molar-refractivity contribution in [2.24, 2.45) is 0 Å². The second kappa shape index (κ2) is 3.28. The Labute approximate surface area is 77.5 Å². The molecule has 4 heteroatoms. The molecule has 0 aromatic heterocycles. The van der Waals surface area contributed by atoms with Gasteiger partial charge in [-0.05, 0) is 6.92 Å². The smallest absolute Gasteiger partial charge is 0.377 e. The minimum atomic E-state index is -0.715. The van der Waals surface area contributed by atoms with Gasteiger partial charge in [0.2, 0.25) is 11.5 Å². The minimum absolute atomic E-state index is 0.173. The fraction of sp³-hybridized carbons (Fsp3) is 0.667. The largest absolute Gasteiger partial charge is 0.463 e. The summed E-state index contributed by atoms with van der Waals surface area (Å²) in [6.07, 6.45) is 0.671. The van der Waals surface area contributed by atoms with Gasteiger partial charge in [-0.2, -0.15) is 0 Å². The first-order valence-electron chi connectivity index (χ1n) is 4.19. The summed E-state index contributed by atoms with van der Waals surface area (Å²) in [4.78, 5) is 11.1. The van der Waals surface area contributed by atoms with Crippen LogP contribution in [0.3, 0.4) is 0 Å². The zero-order valence-electron chi connectivity index (χ0n) is 8.34. The molecule has 1 aliphatic heterocycles. The van der Waals surface area contributed by atoms with Crippen molar-refractivity contribution in [3.63, 3.8) is 0 Å². The van der Waals surface area contributed by atoms with Crippen molar-refractivity contribution in [1.29, 1.82) is 0 Å². The molecule has 1 heterocycles. The highest BCUT2D eigenvalue weighted by atomic mass is 16.7. The van der Waals surface area contributed by atoms with Crippen molar-refractivity contribution in [3.8, 4) is 0 Å². The molecule has 1 atom stereocenters. The molecule has 0 N–H and O–H groups in total. The highest BCUT2D eigenvalue weighted by Crippen LogP contribution is 2.33. The van der Waals surface area contributed by atoms with Gasteiger partial charge in [-0.25, -0.2) is 4.79 Å². The summed E-state index contributed by atoms with van der Waals surface area (Å²) in [6.45, 7) is 5.40. The molecule has 1 rings (SSSR count). The van der Waals surface area contributed by atoms with E-state index in [2.05, 4.69) is 4.74 Å². The van der Waals surface area contributed by atoms with Gasteiger partial charge in [0.15, 0.2) is 0 Å². The quantitative estimate of drug-likeness (QED) is 0.614. The lowest BCUT2D eigenvalue weighted by molar-refractivity contribution is -0.159. The molecule has 0 bridgehead atoms. The third kappa shape index (κ3) is 1.76. The van der Waals surface area contributed by atoms with E-state index in [1.165, 1.54) is 7.11 Å². The standard InChI is InChI=1S/C9H14O4/c1-5-9(3)12-6(2)7(13-9)8(10)11-4/h5H2,1-4H3. The molecule has 1 aliphatic rings. The van der Waals surface area contributed by atoms with Crippen LogP contribution in [0.25, 0.3) is 0 Å². The summed E-state index contributed by atoms with van der Waals surface area (Å²) in [6, 6.07) is 0. The first-order valence-corrected chi connectivity index (χ1v) is 4.19. The maximum atomic E-state index is 11.1. The Morgan fingerprint density at radius 2 is 2.15 bits per heavy atom. The number of allylic oxidation sites excluding steroid dienone is 1. The lowest BCUT2D eigenvalue weighted by Crippen LogP contribution is -2.25. The predicted octanol–water partition coefficient (Wildman–Crippen LogP) is 1.56. The number of ether oxygens (including phenoxy) is 3. The Kier molecular flexibility index (Phi) is 2.50. The number of methoxy groups -OCH3 is 1. The summed E-state index contributed by atoms with van der Waals surface area (Å²) in [5, 5.41) is 0. The van der Waals surface area contributed by atoms with Crippen molar-refractivity contribution in [2.45, 2.75) is 33.0 Å². The molecule has 0 aromatic carbocycles. The molecule has 13 heavy (non-hydrogen) atoms. The third-order valence-electron chi connectivity index (χ3n) is 2.02. The molecule has 4 nitrogen and oxygen atoms in total. The van der Waals surface area contributed by atoms with E-state index in [9.17, 15) is 4.79 Å². The second-order valence-electron chi connectivity index (χ2n) is 3.07. The van der Waals surface area contributed by atoms with Crippen LogP contribution in [-0.4, -0.2) is 18.9 Å². The molecule has 0 fully saturated rings. The summed E-state index contributed by atoms with van der Waals surface area (Å²) in [7, 11) is 1.31. The Morgan fingerprint density at radius 1 is 1.54 bits per heavy atom. The summed E-state index contributed by atoms with van der Waals surface area (Å²) in [5.74, 6) is -0.550. The number of carbonyl (C=O) groups is 1. The van der Waals surface area contributed by atoms with Gasteiger partial charge in [-0.1, -0.05) is 6.92 Å². The van der Waals surface area contributed by atoms with Crippen LogP contribution in [0.15, 0.2) is 11.5 Å². The third-order valence-corrected chi connectivity index (χ3v) is 2.02.